The van der Waals surface area contributed by atoms with Crippen LogP contribution in [0.15, 0.2) is 53.1 Å². The van der Waals surface area contributed by atoms with Crippen LogP contribution in [0.2, 0.25) is 5.02 Å². The van der Waals surface area contributed by atoms with Crippen LogP contribution >= 0.6 is 11.6 Å². The average molecular weight is 486 g/mol. The molecule has 8 nitrogen and oxygen atoms in total. The fourth-order valence-electron chi connectivity index (χ4n) is 3.74. The van der Waals surface area contributed by atoms with Crippen LogP contribution in [0.4, 0.5) is 21.5 Å². The second kappa shape index (κ2) is 9.56. The van der Waals surface area contributed by atoms with E-state index in [1.165, 1.54) is 36.5 Å². The smallest absolute Gasteiger partial charge is 0.259 e. The number of benzene rings is 2. The lowest BCUT2D eigenvalue weighted by molar-refractivity contribution is -0.122. The molecule has 4 rings (SSSR count). The normalized spacial score (nSPS) is 15.4. The first-order valence-electron chi connectivity index (χ1n) is 10.4. The molecule has 0 aliphatic carbocycles. The Balaban J connectivity index is 1.47. The highest BCUT2D eigenvalue weighted by atomic mass is 35.5. The number of rotatable bonds is 6. The number of carbonyl (C=O) groups is 3. The van der Waals surface area contributed by atoms with E-state index in [1.54, 1.807) is 25.1 Å². The lowest BCUT2D eigenvalue weighted by Gasteiger charge is -2.20. The minimum absolute atomic E-state index is 0.00788. The summed E-state index contributed by atoms with van der Waals surface area (Å²) in [6, 6.07) is 10.2. The Bertz CT molecular complexity index is 1280. The van der Waals surface area contributed by atoms with E-state index in [-0.39, 0.29) is 35.8 Å². The molecular weight excluding hydrogens is 465 g/mol. The summed E-state index contributed by atoms with van der Waals surface area (Å²) in [6.07, 6.45) is 1.36. The van der Waals surface area contributed by atoms with Crippen molar-refractivity contribution in [3.63, 3.8) is 0 Å². The fourth-order valence-corrected chi connectivity index (χ4v) is 3.91. The van der Waals surface area contributed by atoms with Gasteiger partial charge in [0.25, 0.3) is 5.91 Å². The topological polar surface area (TPSA) is 101 Å². The van der Waals surface area contributed by atoms with Crippen LogP contribution in [0.1, 0.15) is 22.5 Å². The molecule has 34 heavy (non-hydrogen) atoms. The first kappa shape index (κ1) is 23.3. The van der Waals surface area contributed by atoms with Crippen molar-refractivity contribution in [2.75, 3.05) is 29.2 Å². The van der Waals surface area contributed by atoms with Gasteiger partial charge in [-0.1, -0.05) is 11.6 Å². The molecule has 1 fully saturated rings. The summed E-state index contributed by atoms with van der Waals surface area (Å²) in [5.74, 6) is -1.65. The number of carbonyl (C=O) groups excluding carboxylic acids is 3. The van der Waals surface area contributed by atoms with Crippen molar-refractivity contribution >= 4 is 46.4 Å². The summed E-state index contributed by atoms with van der Waals surface area (Å²) in [7, 11) is 1.48. The number of halogens is 2. The zero-order chi connectivity index (χ0) is 24.4. The molecule has 1 saturated heterocycles. The number of hydrogen-bond acceptors (Lipinski definition) is 5. The molecule has 0 saturated carbocycles. The molecule has 0 bridgehead atoms. The van der Waals surface area contributed by atoms with Crippen LogP contribution in [-0.4, -0.2) is 31.4 Å². The highest BCUT2D eigenvalue weighted by Gasteiger charge is 2.36. The van der Waals surface area contributed by atoms with E-state index in [2.05, 4.69) is 10.6 Å². The third kappa shape index (κ3) is 4.74. The van der Waals surface area contributed by atoms with Crippen LogP contribution < -0.4 is 20.3 Å². The lowest BCUT2D eigenvalue weighted by atomic mass is 10.1. The Kier molecular flexibility index (Phi) is 6.56. The van der Waals surface area contributed by atoms with Gasteiger partial charge in [0.05, 0.1) is 36.2 Å². The monoisotopic (exact) mass is 485 g/mol. The van der Waals surface area contributed by atoms with Crippen LogP contribution in [0.5, 0.6) is 5.75 Å². The molecular formula is C24H21ClFN3O5. The molecule has 0 radical (unpaired) electrons. The first-order valence-corrected chi connectivity index (χ1v) is 10.7. The van der Waals surface area contributed by atoms with Crippen molar-refractivity contribution in [2.45, 2.75) is 13.3 Å². The highest BCUT2D eigenvalue weighted by molar-refractivity contribution is 6.31. The SMILES string of the molecule is COc1ccc(Cl)cc1N1CC(C(=O)Nc2ccc(F)c(NC(=O)c3ccoc3C)c2)CC1=O. The molecule has 1 aliphatic rings. The molecule has 10 heteroatoms. The van der Waals surface area contributed by atoms with Crippen molar-refractivity contribution in [2.24, 2.45) is 5.92 Å². The van der Waals surface area contributed by atoms with Gasteiger partial charge < -0.3 is 24.7 Å². The standard InChI is InChI=1S/C24H21ClFN3O5/c1-13-17(7-8-34-13)24(32)28-19-11-16(4-5-18(19)26)27-23(31)14-9-22(30)29(12-14)20-10-15(25)3-6-21(20)33-2/h3-8,10-11,14H,9,12H2,1-2H3,(H,27,31)(H,28,32). The Hall–Kier alpha value is -3.85. The van der Waals surface area contributed by atoms with Crippen molar-refractivity contribution in [1.29, 1.82) is 0 Å². The lowest BCUT2D eigenvalue weighted by Crippen LogP contribution is -2.28. The minimum Gasteiger partial charge on any atom is -0.495 e. The number of methoxy groups -OCH3 is 1. The number of nitrogens with zero attached hydrogens (tertiary/aromatic N) is 1. The summed E-state index contributed by atoms with van der Waals surface area (Å²) in [5, 5.41) is 5.60. The van der Waals surface area contributed by atoms with Gasteiger partial charge in [0.15, 0.2) is 0 Å². The number of anilines is 3. The second-order valence-corrected chi connectivity index (χ2v) is 8.19. The van der Waals surface area contributed by atoms with E-state index in [1.807, 2.05) is 0 Å². The zero-order valence-corrected chi connectivity index (χ0v) is 19.1. The van der Waals surface area contributed by atoms with Gasteiger partial charge in [-0.2, -0.15) is 0 Å². The molecule has 3 amide bonds. The van der Waals surface area contributed by atoms with Gasteiger partial charge >= 0.3 is 0 Å². The van der Waals surface area contributed by atoms with E-state index >= 15 is 0 Å². The Morgan fingerprint density at radius 2 is 1.97 bits per heavy atom. The number of amides is 3. The number of furan rings is 1. The summed E-state index contributed by atoms with van der Waals surface area (Å²) in [4.78, 5) is 39.3. The molecule has 176 valence electrons. The summed E-state index contributed by atoms with van der Waals surface area (Å²) in [5.41, 5.74) is 0.930. The molecule has 2 heterocycles. The van der Waals surface area contributed by atoms with Crippen molar-refractivity contribution in [3.05, 3.63) is 70.9 Å². The van der Waals surface area contributed by atoms with Gasteiger partial charge in [-0.05, 0) is 49.4 Å². The van der Waals surface area contributed by atoms with Gasteiger partial charge in [0.2, 0.25) is 11.8 Å². The predicted molar refractivity (Wildman–Crippen MR) is 125 cm³/mol. The zero-order valence-electron chi connectivity index (χ0n) is 18.4. The Morgan fingerprint density at radius 3 is 2.68 bits per heavy atom. The maximum absolute atomic E-state index is 14.3. The molecule has 1 unspecified atom stereocenters. The number of hydrogen-bond donors (Lipinski definition) is 2. The summed E-state index contributed by atoms with van der Waals surface area (Å²) >= 11 is 6.07. The maximum Gasteiger partial charge on any atom is 0.259 e. The summed E-state index contributed by atoms with van der Waals surface area (Å²) in [6.45, 7) is 1.75. The third-order valence-corrected chi connectivity index (χ3v) is 5.75. The van der Waals surface area contributed by atoms with E-state index in [0.717, 1.165) is 6.07 Å². The molecule has 2 aromatic carbocycles. The van der Waals surface area contributed by atoms with Gasteiger partial charge in [-0.3, -0.25) is 14.4 Å². The fraction of sp³-hybridized carbons (Fsp3) is 0.208. The number of nitrogens with one attached hydrogen (secondary N) is 2. The Morgan fingerprint density at radius 1 is 1.18 bits per heavy atom. The largest absolute Gasteiger partial charge is 0.495 e. The van der Waals surface area contributed by atoms with Crippen molar-refractivity contribution in [3.8, 4) is 5.75 Å². The summed E-state index contributed by atoms with van der Waals surface area (Å²) < 4.78 is 24.7. The maximum atomic E-state index is 14.3. The second-order valence-electron chi connectivity index (χ2n) is 7.75. The molecule has 1 atom stereocenters. The highest BCUT2D eigenvalue weighted by Crippen LogP contribution is 2.35. The van der Waals surface area contributed by atoms with Crippen molar-refractivity contribution in [1.82, 2.24) is 0 Å². The van der Waals surface area contributed by atoms with Gasteiger partial charge in [0, 0.05) is 23.7 Å². The van der Waals surface area contributed by atoms with E-state index in [9.17, 15) is 18.8 Å². The van der Waals surface area contributed by atoms with Crippen LogP contribution in [0.3, 0.4) is 0 Å². The number of aryl methyl sites for hydroxylation is 1. The number of ether oxygens (including phenoxy) is 1. The Labute approximate surface area is 199 Å². The quantitative estimate of drug-likeness (QED) is 0.530. The average Bonchev–Trinajstić information content (AvgIpc) is 3.41. The van der Waals surface area contributed by atoms with Gasteiger partial charge in [-0.15, -0.1) is 0 Å². The third-order valence-electron chi connectivity index (χ3n) is 5.51. The molecule has 1 aliphatic heterocycles. The molecule has 3 aromatic rings. The minimum atomic E-state index is -0.664. The molecule has 1 aromatic heterocycles. The first-order chi connectivity index (χ1) is 16.3. The van der Waals surface area contributed by atoms with E-state index < -0.39 is 23.5 Å². The van der Waals surface area contributed by atoms with Crippen molar-refractivity contribution < 1.29 is 27.9 Å². The van der Waals surface area contributed by atoms with E-state index in [4.69, 9.17) is 20.8 Å². The van der Waals surface area contributed by atoms with Crippen LogP contribution in [-0.2, 0) is 9.59 Å². The molecule has 2 N–H and O–H groups in total. The predicted octanol–water partition coefficient (Wildman–Crippen LogP) is 4.63. The van der Waals surface area contributed by atoms with Gasteiger partial charge in [0.1, 0.15) is 17.3 Å². The van der Waals surface area contributed by atoms with Crippen LogP contribution in [0, 0.1) is 18.7 Å². The van der Waals surface area contributed by atoms with Crippen LogP contribution in [0.25, 0.3) is 0 Å². The van der Waals surface area contributed by atoms with Gasteiger partial charge in [-0.25, -0.2) is 4.39 Å². The molecule has 0 spiro atoms. The van der Waals surface area contributed by atoms with E-state index in [0.29, 0.717) is 22.2 Å².